The Morgan fingerprint density at radius 3 is 1.63 bits per heavy atom. The first-order valence-electron chi connectivity index (χ1n) is 19.7. The molecule has 0 unspecified atom stereocenters. The van der Waals surface area contributed by atoms with E-state index in [1.807, 2.05) is 50.2 Å². The number of aliphatic hydroxyl groups is 2. The SMILES string of the molecule is Cc1c(COc2nc(OCCC(N)=O)c(CCC[C@@H](O)CC(=O)O)cc2Br)cccc1-c1cccc(COc2nc(OCCC(N)=O)c(CNC[C@@H](O)CC(=O)O)cc2Br)c1C. The van der Waals surface area contributed by atoms with E-state index in [4.69, 9.17) is 40.6 Å². The number of primary amides is 2. The van der Waals surface area contributed by atoms with Gasteiger partial charge in [-0.05, 0) is 110 Å². The molecule has 4 rings (SSSR count). The van der Waals surface area contributed by atoms with Gasteiger partial charge in [-0.25, -0.2) is 0 Å². The van der Waals surface area contributed by atoms with Crippen molar-refractivity contribution in [1.29, 1.82) is 0 Å². The normalized spacial score (nSPS) is 12.0. The van der Waals surface area contributed by atoms with Crippen molar-refractivity contribution in [1.82, 2.24) is 15.3 Å². The van der Waals surface area contributed by atoms with Crippen LogP contribution in [0.1, 0.15) is 71.9 Å². The van der Waals surface area contributed by atoms with E-state index in [1.54, 1.807) is 12.1 Å². The lowest BCUT2D eigenvalue weighted by molar-refractivity contribution is -0.140. The van der Waals surface area contributed by atoms with Crippen LogP contribution in [0.2, 0.25) is 0 Å². The minimum atomic E-state index is -1.12. The number of ether oxygens (including phenoxy) is 4. The van der Waals surface area contributed by atoms with Crippen molar-refractivity contribution in [3.8, 4) is 34.6 Å². The number of pyridine rings is 2. The fraction of sp³-hybridized carbons (Fsp3) is 0.395. The van der Waals surface area contributed by atoms with Gasteiger partial charge in [-0.3, -0.25) is 19.2 Å². The molecule has 0 saturated heterocycles. The maximum atomic E-state index is 11.4. The highest BCUT2D eigenvalue weighted by Gasteiger charge is 2.19. The van der Waals surface area contributed by atoms with Crippen LogP contribution in [0.3, 0.4) is 0 Å². The molecule has 0 spiro atoms. The van der Waals surface area contributed by atoms with E-state index >= 15 is 0 Å². The van der Waals surface area contributed by atoms with Crippen molar-refractivity contribution in [3.63, 3.8) is 0 Å². The zero-order valence-corrected chi connectivity index (χ0v) is 37.5. The van der Waals surface area contributed by atoms with Crippen molar-refractivity contribution in [3.05, 3.63) is 90.9 Å². The fourth-order valence-electron chi connectivity index (χ4n) is 6.28. The van der Waals surface area contributed by atoms with Gasteiger partial charge in [-0.15, -0.1) is 0 Å². The summed E-state index contributed by atoms with van der Waals surface area (Å²) in [6.45, 7) is 4.48. The van der Waals surface area contributed by atoms with Crippen molar-refractivity contribution in [2.75, 3.05) is 19.8 Å². The summed E-state index contributed by atoms with van der Waals surface area (Å²) < 4.78 is 25.1. The molecule has 2 aromatic carbocycles. The molecule has 2 atom stereocenters. The minimum absolute atomic E-state index is 0.000440. The van der Waals surface area contributed by atoms with Gasteiger partial charge in [0.25, 0.3) is 0 Å². The Morgan fingerprint density at radius 2 is 1.15 bits per heavy atom. The monoisotopic (exact) mass is 987 g/mol. The van der Waals surface area contributed by atoms with Crippen LogP contribution in [-0.2, 0) is 45.4 Å². The Balaban J connectivity index is 1.50. The number of aryl methyl sites for hydroxylation is 1. The van der Waals surface area contributed by atoms with E-state index in [0.717, 1.165) is 33.4 Å². The predicted molar refractivity (Wildman–Crippen MR) is 234 cm³/mol. The van der Waals surface area contributed by atoms with Crippen LogP contribution in [0.5, 0.6) is 23.5 Å². The number of nitrogens with two attached hydrogens (primary N) is 2. The largest absolute Gasteiger partial charge is 0.481 e. The van der Waals surface area contributed by atoms with Crippen LogP contribution in [0, 0.1) is 13.8 Å². The molecular weight excluding hydrogens is 938 g/mol. The quantitative estimate of drug-likeness (QED) is 0.0413. The molecule has 0 aliphatic carbocycles. The molecule has 2 heterocycles. The second-order valence-corrected chi connectivity index (χ2v) is 16.1. The molecule has 9 N–H and O–H groups in total. The average molecular weight is 990 g/mol. The van der Waals surface area contributed by atoms with Gasteiger partial charge in [0.2, 0.25) is 35.3 Å². The van der Waals surface area contributed by atoms with Crippen molar-refractivity contribution in [2.24, 2.45) is 11.5 Å². The number of carboxylic acids is 2. The number of rotatable bonds is 27. The Kier molecular flexibility index (Phi) is 19.4. The van der Waals surface area contributed by atoms with Gasteiger partial charge in [0.15, 0.2) is 0 Å². The lowest BCUT2D eigenvalue weighted by atomic mass is 9.92. The van der Waals surface area contributed by atoms with Gasteiger partial charge in [-0.2, -0.15) is 9.97 Å². The van der Waals surface area contributed by atoms with Crippen LogP contribution in [0.4, 0.5) is 0 Å². The van der Waals surface area contributed by atoms with Gasteiger partial charge >= 0.3 is 11.9 Å². The number of carbonyl (C=O) groups excluding carboxylic acids is 2. The number of aromatic nitrogens is 2. The maximum Gasteiger partial charge on any atom is 0.306 e. The molecule has 0 aliphatic rings. The highest BCUT2D eigenvalue weighted by Crippen LogP contribution is 2.35. The number of benzene rings is 2. The summed E-state index contributed by atoms with van der Waals surface area (Å²) in [5.74, 6) is -2.36. The predicted octanol–water partition coefficient (Wildman–Crippen LogP) is 5.04. The second kappa shape index (κ2) is 24.3. The highest BCUT2D eigenvalue weighted by molar-refractivity contribution is 9.10. The number of amides is 2. The summed E-state index contributed by atoms with van der Waals surface area (Å²) in [6, 6.07) is 15.4. The molecule has 0 radical (unpaired) electrons. The first-order chi connectivity index (χ1) is 29.5. The lowest BCUT2D eigenvalue weighted by Crippen LogP contribution is -2.28. The molecule has 17 nitrogen and oxygen atoms in total. The zero-order valence-electron chi connectivity index (χ0n) is 34.3. The minimum Gasteiger partial charge on any atom is -0.481 e. The van der Waals surface area contributed by atoms with E-state index in [0.29, 0.717) is 32.9 Å². The van der Waals surface area contributed by atoms with Crippen LogP contribution in [0.15, 0.2) is 57.5 Å². The molecule has 0 fully saturated rings. The Hall–Kier alpha value is -5.34. The van der Waals surface area contributed by atoms with Gasteiger partial charge in [0.05, 0.1) is 60.1 Å². The topological polar surface area (TPSA) is 276 Å². The number of carbonyl (C=O) groups is 4. The molecule has 4 aromatic rings. The summed E-state index contributed by atoms with van der Waals surface area (Å²) in [4.78, 5) is 53.8. The number of aliphatic carboxylic acids is 2. The third kappa shape index (κ3) is 15.5. The molecule has 2 amide bonds. The van der Waals surface area contributed by atoms with Crippen LogP contribution >= 0.6 is 31.9 Å². The molecule has 2 aromatic heterocycles. The third-order valence-corrected chi connectivity index (χ3v) is 10.7. The smallest absolute Gasteiger partial charge is 0.306 e. The fourth-order valence-corrected chi connectivity index (χ4v) is 7.24. The van der Waals surface area contributed by atoms with Crippen LogP contribution in [0.25, 0.3) is 11.1 Å². The van der Waals surface area contributed by atoms with E-state index in [1.165, 1.54) is 0 Å². The van der Waals surface area contributed by atoms with E-state index in [2.05, 4.69) is 47.1 Å². The molecule has 0 saturated carbocycles. The highest BCUT2D eigenvalue weighted by atomic mass is 79.9. The summed E-state index contributed by atoms with van der Waals surface area (Å²) in [6.07, 6.45) is -1.74. The summed E-state index contributed by atoms with van der Waals surface area (Å²) in [5.41, 5.74) is 17.5. The van der Waals surface area contributed by atoms with Gasteiger partial charge in [0, 0.05) is 24.2 Å². The molecule has 0 bridgehead atoms. The second-order valence-electron chi connectivity index (χ2n) is 14.4. The standard InChI is InChI=1S/C43H51Br2N5O12/c1-24-27(22-61-42-34(44)16-26(6-3-9-30(51)18-38(55)56)40(49-42)59-14-12-36(46)53)7-4-10-32(24)33-11-5-8-28(25(33)2)23-62-43-35(45)17-29(20-48-21-31(52)19-39(57)58)41(50-43)60-15-13-37(47)54/h4-5,7-8,10-11,16-17,30-31,48,51-52H,3,6,9,12-15,18-23H2,1-2H3,(H2,46,53)(H2,47,54)(H,55,56)(H,57,58)/t30-,31+/m1/s1. The number of nitrogens with one attached hydrogen (secondary N) is 1. The van der Waals surface area contributed by atoms with Crippen molar-refractivity contribution in [2.45, 2.75) is 90.8 Å². The first kappa shape index (κ1) is 49.3. The van der Waals surface area contributed by atoms with E-state index in [-0.39, 0.29) is 88.7 Å². The average Bonchev–Trinajstić information content (AvgIpc) is 3.18. The van der Waals surface area contributed by atoms with Gasteiger partial charge in [0.1, 0.15) is 13.2 Å². The Labute approximate surface area is 375 Å². The number of hydrogen-bond acceptors (Lipinski definition) is 13. The number of nitrogens with zero attached hydrogens (tertiary/aromatic N) is 2. The van der Waals surface area contributed by atoms with Crippen molar-refractivity contribution < 1.29 is 58.6 Å². The molecular formula is C43H51Br2N5O12. The van der Waals surface area contributed by atoms with Crippen LogP contribution in [-0.4, -0.2) is 86.1 Å². The lowest BCUT2D eigenvalue weighted by Gasteiger charge is -2.18. The maximum absolute atomic E-state index is 11.4. The Morgan fingerprint density at radius 1 is 0.677 bits per heavy atom. The van der Waals surface area contributed by atoms with Gasteiger partial charge in [-0.1, -0.05) is 36.4 Å². The molecule has 0 aliphatic heterocycles. The summed E-state index contributed by atoms with van der Waals surface area (Å²) >= 11 is 7.08. The van der Waals surface area contributed by atoms with E-state index in [9.17, 15) is 29.4 Å². The molecule has 62 heavy (non-hydrogen) atoms. The van der Waals surface area contributed by atoms with E-state index < -0.39 is 42.4 Å². The number of hydrogen-bond donors (Lipinski definition) is 7. The van der Waals surface area contributed by atoms with Crippen LogP contribution < -0.4 is 35.7 Å². The zero-order chi connectivity index (χ0) is 45.3. The molecule has 19 heteroatoms. The number of halogens is 2. The van der Waals surface area contributed by atoms with Crippen molar-refractivity contribution >= 4 is 55.6 Å². The van der Waals surface area contributed by atoms with Gasteiger partial charge < -0.3 is 56.2 Å². The third-order valence-electron chi connectivity index (χ3n) is 9.55. The Bertz CT molecular complexity index is 2060. The summed E-state index contributed by atoms with van der Waals surface area (Å²) in [7, 11) is 0. The molecule has 334 valence electrons. The number of aliphatic hydroxyl groups excluding tert-OH is 2. The summed E-state index contributed by atoms with van der Waals surface area (Å²) in [5, 5.41) is 40.9. The number of carboxylic acid groups (broad SMARTS) is 2. The first-order valence-corrected chi connectivity index (χ1v) is 21.2.